The zero-order chi connectivity index (χ0) is 17.5. The number of ether oxygens (including phenoxy) is 1. The lowest BCUT2D eigenvalue weighted by Crippen LogP contribution is -2.57. The molecule has 5 nitrogen and oxygen atoms in total. The lowest BCUT2D eigenvalue weighted by Gasteiger charge is -2.44. The summed E-state index contributed by atoms with van der Waals surface area (Å²) >= 11 is 0. The molecule has 0 radical (unpaired) electrons. The molecule has 0 atom stereocenters. The number of aliphatic carboxylic acids is 1. The summed E-state index contributed by atoms with van der Waals surface area (Å²) in [7, 11) is 0. The minimum Gasteiger partial charge on any atom is -0.479 e. The van der Waals surface area contributed by atoms with Crippen LogP contribution in [0.1, 0.15) is 24.0 Å². The molecule has 1 amide bonds. The van der Waals surface area contributed by atoms with Gasteiger partial charge in [0.15, 0.2) is 0 Å². The van der Waals surface area contributed by atoms with Crippen molar-refractivity contribution < 1.29 is 19.4 Å². The number of hydrogen-bond donors (Lipinski definition) is 1. The van der Waals surface area contributed by atoms with E-state index in [1.807, 2.05) is 60.7 Å². The van der Waals surface area contributed by atoms with Crippen LogP contribution in [-0.2, 0) is 21.6 Å². The normalized spacial score (nSPS) is 26.8. The number of carboxylic acid groups (broad SMARTS) is 1. The predicted molar refractivity (Wildman–Crippen MR) is 91.1 cm³/mol. The predicted octanol–water partition coefficient (Wildman–Crippen LogP) is 3.19. The highest BCUT2D eigenvalue weighted by Crippen LogP contribution is 2.60. The van der Waals surface area contributed by atoms with Crippen LogP contribution in [0.4, 0.5) is 4.79 Å². The Morgan fingerprint density at radius 1 is 1.00 bits per heavy atom. The van der Waals surface area contributed by atoms with Crippen molar-refractivity contribution in [3.63, 3.8) is 0 Å². The van der Waals surface area contributed by atoms with Gasteiger partial charge in [-0.2, -0.15) is 0 Å². The molecule has 0 spiro atoms. The fraction of sp³-hybridized carbons (Fsp3) is 0.300. The lowest BCUT2D eigenvalue weighted by molar-refractivity contribution is -0.152. The molecule has 2 aliphatic heterocycles. The molecular weight excluding hydrogens is 318 g/mol. The zero-order valence-electron chi connectivity index (χ0n) is 13.7. The summed E-state index contributed by atoms with van der Waals surface area (Å²) in [6.07, 6.45) is 0.334. The van der Waals surface area contributed by atoms with Gasteiger partial charge in [-0.25, -0.2) is 9.59 Å². The second-order valence-electron chi connectivity index (χ2n) is 6.96. The van der Waals surface area contributed by atoms with Crippen molar-refractivity contribution in [3.05, 3.63) is 71.8 Å². The van der Waals surface area contributed by atoms with Crippen LogP contribution in [-0.4, -0.2) is 34.2 Å². The summed E-state index contributed by atoms with van der Waals surface area (Å²) in [5.41, 5.74) is 0.560. The van der Waals surface area contributed by atoms with Gasteiger partial charge in [0, 0.05) is 12.0 Å². The maximum Gasteiger partial charge on any atom is 0.411 e. The number of carboxylic acids is 1. The molecule has 2 aromatic carbocycles. The fourth-order valence-electron chi connectivity index (χ4n) is 4.21. The molecule has 2 aromatic rings. The Kier molecular flexibility index (Phi) is 3.53. The molecule has 25 heavy (non-hydrogen) atoms. The highest BCUT2D eigenvalue weighted by Gasteiger charge is 2.71. The molecule has 2 saturated heterocycles. The molecule has 3 aliphatic rings. The Labute approximate surface area is 145 Å². The van der Waals surface area contributed by atoms with Crippen molar-refractivity contribution in [1.82, 2.24) is 4.90 Å². The van der Waals surface area contributed by atoms with Crippen LogP contribution >= 0.6 is 0 Å². The van der Waals surface area contributed by atoms with E-state index in [0.717, 1.165) is 11.1 Å². The van der Waals surface area contributed by atoms with Gasteiger partial charge >= 0.3 is 12.1 Å². The molecule has 1 saturated carbocycles. The van der Waals surface area contributed by atoms with E-state index in [4.69, 9.17) is 4.74 Å². The van der Waals surface area contributed by atoms with Gasteiger partial charge in [-0.3, -0.25) is 4.90 Å². The van der Waals surface area contributed by atoms with E-state index in [9.17, 15) is 14.7 Å². The Hall–Kier alpha value is -2.82. The molecular formula is C20H19NO4. The van der Waals surface area contributed by atoms with Crippen molar-refractivity contribution in [2.75, 3.05) is 6.54 Å². The lowest BCUT2D eigenvalue weighted by atomic mass is 9.59. The van der Waals surface area contributed by atoms with E-state index in [0.29, 0.717) is 19.4 Å². The second kappa shape index (κ2) is 5.62. The summed E-state index contributed by atoms with van der Waals surface area (Å²) in [5.74, 6) is -0.951. The average molecular weight is 337 g/mol. The molecule has 1 N–H and O–H groups in total. The van der Waals surface area contributed by atoms with Crippen LogP contribution in [0.25, 0.3) is 0 Å². The highest BCUT2D eigenvalue weighted by atomic mass is 16.6. The molecule has 5 heteroatoms. The summed E-state index contributed by atoms with van der Waals surface area (Å²) < 4.78 is 5.39. The van der Waals surface area contributed by atoms with Crippen LogP contribution in [0, 0.1) is 0 Å². The third-order valence-corrected chi connectivity index (χ3v) is 5.45. The quantitative estimate of drug-likeness (QED) is 0.930. The minimum atomic E-state index is -1.14. The third-order valence-electron chi connectivity index (χ3n) is 5.45. The molecule has 3 fully saturated rings. The third kappa shape index (κ3) is 2.38. The number of fused-ring (bicyclic) bond motifs is 1. The fourth-order valence-corrected chi connectivity index (χ4v) is 4.21. The topological polar surface area (TPSA) is 66.8 Å². The maximum absolute atomic E-state index is 12.6. The first kappa shape index (κ1) is 15.7. The second-order valence-corrected chi connectivity index (χ2v) is 6.96. The van der Waals surface area contributed by atoms with E-state index in [1.165, 1.54) is 4.90 Å². The Morgan fingerprint density at radius 2 is 1.60 bits per heavy atom. The first-order valence-electron chi connectivity index (χ1n) is 8.33. The summed E-state index contributed by atoms with van der Waals surface area (Å²) in [6.45, 7) is 0.529. The highest BCUT2D eigenvalue weighted by molar-refractivity contribution is 5.88. The smallest absolute Gasteiger partial charge is 0.411 e. The first-order valence-corrected chi connectivity index (χ1v) is 8.33. The number of nitrogens with zero attached hydrogens (tertiary/aromatic N) is 1. The van der Waals surface area contributed by atoms with Crippen LogP contribution < -0.4 is 0 Å². The Bertz CT molecular complexity index is 797. The largest absolute Gasteiger partial charge is 0.479 e. The molecule has 128 valence electrons. The van der Waals surface area contributed by atoms with E-state index < -0.39 is 17.6 Å². The van der Waals surface area contributed by atoms with E-state index >= 15 is 0 Å². The van der Waals surface area contributed by atoms with Crippen molar-refractivity contribution in [3.8, 4) is 0 Å². The van der Waals surface area contributed by atoms with Gasteiger partial charge in [0.1, 0.15) is 12.1 Å². The Balaban J connectivity index is 1.53. The van der Waals surface area contributed by atoms with Gasteiger partial charge in [0.2, 0.25) is 0 Å². The van der Waals surface area contributed by atoms with Gasteiger partial charge < -0.3 is 9.84 Å². The monoisotopic (exact) mass is 337 g/mol. The number of carbonyl (C=O) groups is 2. The van der Waals surface area contributed by atoms with Gasteiger partial charge in [0.25, 0.3) is 0 Å². The number of carbonyl (C=O) groups excluding carboxylic acids is 1. The minimum absolute atomic E-state index is 0.143. The summed E-state index contributed by atoms with van der Waals surface area (Å²) in [4.78, 5) is 25.9. The van der Waals surface area contributed by atoms with E-state index in [-0.39, 0.29) is 12.0 Å². The van der Waals surface area contributed by atoms with E-state index in [1.54, 1.807) is 0 Å². The standard InChI is InChI=1S/C20H19NO4/c22-17(23)20-12-19(13-20,16-9-5-2-6-10-16)14-21(20)18(24)25-11-15-7-3-1-4-8-15/h1-10H,11-14H2,(H,22,23). The van der Waals surface area contributed by atoms with Gasteiger partial charge in [-0.1, -0.05) is 60.7 Å². The van der Waals surface area contributed by atoms with Crippen LogP contribution in [0.2, 0.25) is 0 Å². The average Bonchev–Trinajstić information content (AvgIpc) is 3.14. The molecule has 1 aliphatic carbocycles. The number of rotatable bonds is 4. The summed E-state index contributed by atoms with van der Waals surface area (Å²) in [5, 5.41) is 9.73. The summed E-state index contributed by atoms with van der Waals surface area (Å²) in [6, 6.07) is 19.2. The SMILES string of the molecule is O=C(OCc1ccccc1)N1CC2(c3ccccc3)CC1(C(=O)O)C2. The van der Waals surface area contributed by atoms with Crippen LogP contribution in [0.15, 0.2) is 60.7 Å². The number of hydrogen-bond acceptors (Lipinski definition) is 3. The molecule has 0 aromatic heterocycles. The van der Waals surface area contributed by atoms with Crippen molar-refractivity contribution >= 4 is 12.1 Å². The molecule has 0 unspecified atom stereocenters. The van der Waals surface area contributed by atoms with Gasteiger partial charge in [0.05, 0.1) is 0 Å². The number of benzene rings is 2. The Morgan fingerprint density at radius 3 is 2.20 bits per heavy atom. The molecule has 5 rings (SSSR count). The van der Waals surface area contributed by atoms with E-state index in [2.05, 4.69) is 0 Å². The van der Waals surface area contributed by atoms with Crippen LogP contribution in [0.5, 0.6) is 0 Å². The van der Waals surface area contributed by atoms with Crippen molar-refractivity contribution in [1.29, 1.82) is 0 Å². The zero-order valence-corrected chi connectivity index (χ0v) is 13.7. The van der Waals surface area contributed by atoms with Crippen molar-refractivity contribution in [2.45, 2.75) is 30.4 Å². The van der Waals surface area contributed by atoms with Gasteiger partial charge in [-0.05, 0) is 24.0 Å². The van der Waals surface area contributed by atoms with Crippen molar-refractivity contribution in [2.24, 2.45) is 0 Å². The molecule has 2 bridgehead atoms. The number of amides is 1. The van der Waals surface area contributed by atoms with Gasteiger partial charge in [-0.15, -0.1) is 0 Å². The first-order chi connectivity index (χ1) is 12.1. The van der Waals surface area contributed by atoms with Crippen LogP contribution in [0.3, 0.4) is 0 Å². The molecule has 2 heterocycles. The maximum atomic E-state index is 12.6.